The maximum atomic E-state index is 14.7. The Balaban J connectivity index is 1.98. The van der Waals surface area contributed by atoms with E-state index in [0.717, 1.165) is 17.7 Å². The highest BCUT2D eigenvalue weighted by atomic mass is 32.2. The summed E-state index contributed by atoms with van der Waals surface area (Å²) in [6.45, 7) is 0. The van der Waals surface area contributed by atoms with Crippen LogP contribution in [0.15, 0.2) is 65.1 Å². The van der Waals surface area contributed by atoms with E-state index in [-0.39, 0.29) is 16.0 Å². The molecule has 0 spiro atoms. The van der Waals surface area contributed by atoms with Crippen LogP contribution >= 0.6 is 11.3 Å². The minimum Gasteiger partial charge on any atom is -0.464 e. The number of rotatable bonds is 3. The first-order valence-corrected chi connectivity index (χ1v) is 10.0. The molecule has 1 aliphatic rings. The van der Waals surface area contributed by atoms with Gasteiger partial charge in [0, 0.05) is 28.0 Å². The summed E-state index contributed by atoms with van der Waals surface area (Å²) < 4.78 is 53.9. The lowest BCUT2D eigenvalue weighted by Crippen LogP contribution is -2.10. The molecule has 1 aromatic heterocycles. The first-order valence-electron chi connectivity index (χ1n) is 7.73. The molecule has 0 fully saturated rings. The van der Waals surface area contributed by atoms with Crippen molar-refractivity contribution in [1.82, 2.24) is 0 Å². The highest BCUT2D eigenvalue weighted by Crippen LogP contribution is 2.41. The van der Waals surface area contributed by atoms with Crippen LogP contribution in [0.4, 0.5) is 4.39 Å². The molecule has 0 atom stereocenters. The summed E-state index contributed by atoms with van der Waals surface area (Å²) in [6.07, 6.45) is 1.78. The third kappa shape index (κ3) is 2.94. The zero-order valence-electron chi connectivity index (χ0n) is 13.3. The fourth-order valence-electron chi connectivity index (χ4n) is 3.05. The summed E-state index contributed by atoms with van der Waals surface area (Å²) in [6, 6.07) is 12.9. The van der Waals surface area contributed by atoms with Gasteiger partial charge in [0.2, 0.25) is 0 Å². The van der Waals surface area contributed by atoms with Crippen molar-refractivity contribution in [2.45, 2.75) is 11.3 Å². The average Bonchev–Trinajstić information content (AvgIpc) is 3.14. The Hall–Kier alpha value is -2.48. The molecule has 1 N–H and O–H groups in total. The molecular weight excluding hydrogens is 375 g/mol. The van der Waals surface area contributed by atoms with Gasteiger partial charge in [0.15, 0.2) is 0 Å². The van der Waals surface area contributed by atoms with Gasteiger partial charge in [0.25, 0.3) is 10.1 Å². The topological polar surface area (TPSA) is 63.6 Å². The summed E-state index contributed by atoms with van der Waals surface area (Å²) in [7, 11) is -4.55. The van der Waals surface area contributed by atoms with Crippen LogP contribution in [0.1, 0.15) is 11.1 Å². The number of fused-ring (bicyclic) bond motifs is 1. The minimum atomic E-state index is -4.55. The van der Waals surface area contributed by atoms with Crippen molar-refractivity contribution >= 4 is 27.0 Å². The Bertz CT molecular complexity index is 1120. The van der Waals surface area contributed by atoms with Gasteiger partial charge >= 0.3 is 0 Å². The van der Waals surface area contributed by atoms with Crippen molar-refractivity contribution < 1.29 is 22.1 Å². The van der Waals surface area contributed by atoms with Crippen LogP contribution in [0.5, 0.6) is 5.75 Å². The van der Waals surface area contributed by atoms with Gasteiger partial charge in [-0.25, -0.2) is 4.39 Å². The van der Waals surface area contributed by atoms with Gasteiger partial charge in [-0.3, -0.25) is 4.55 Å². The van der Waals surface area contributed by atoms with Gasteiger partial charge in [-0.05, 0) is 35.2 Å². The molecule has 0 saturated heterocycles. The van der Waals surface area contributed by atoms with E-state index in [1.165, 1.54) is 17.6 Å². The second-order valence-electron chi connectivity index (χ2n) is 5.79. The third-order valence-corrected chi connectivity index (χ3v) is 5.95. The van der Waals surface area contributed by atoms with Crippen LogP contribution in [0.25, 0.3) is 16.0 Å². The molecule has 132 valence electrons. The zero-order chi connectivity index (χ0) is 18.3. The van der Waals surface area contributed by atoms with Crippen LogP contribution in [0, 0.1) is 5.82 Å². The molecule has 4 rings (SSSR count). The van der Waals surface area contributed by atoms with Crippen molar-refractivity contribution in [3.8, 4) is 16.2 Å². The van der Waals surface area contributed by atoms with E-state index in [0.29, 0.717) is 22.6 Å². The second-order valence-corrected chi connectivity index (χ2v) is 8.13. The second kappa shape index (κ2) is 6.35. The maximum absolute atomic E-state index is 14.7. The number of benzene rings is 2. The average molecular weight is 388 g/mol. The fourth-order valence-corrected chi connectivity index (χ4v) is 4.56. The monoisotopic (exact) mass is 388 g/mol. The molecule has 2 aromatic carbocycles. The van der Waals surface area contributed by atoms with Crippen molar-refractivity contribution in [1.29, 1.82) is 0 Å². The summed E-state index contributed by atoms with van der Waals surface area (Å²) in [4.78, 5) is 0.235. The summed E-state index contributed by atoms with van der Waals surface area (Å²) >= 11 is 1.29. The molecule has 3 aromatic rings. The van der Waals surface area contributed by atoms with Crippen LogP contribution in [0.3, 0.4) is 0 Å². The first kappa shape index (κ1) is 17.0. The van der Waals surface area contributed by atoms with Gasteiger partial charge in [-0.1, -0.05) is 24.3 Å². The lowest BCUT2D eigenvalue weighted by atomic mass is 9.92. The van der Waals surface area contributed by atoms with Gasteiger partial charge in [0.05, 0.1) is 6.26 Å². The Morgan fingerprint density at radius 3 is 2.58 bits per heavy atom. The van der Waals surface area contributed by atoms with E-state index in [9.17, 15) is 17.4 Å². The number of hydrogen-bond acceptors (Lipinski definition) is 4. The molecular formula is C19H13FO4S2. The number of allylic oxidation sites excluding steroid dienone is 1. The summed E-state index contributed by atoms with van der Waals surface area (Å²) in [5.74, 6) is 0.105. The number of para-hydroxylation sites is 1. The molecule has 0 unspecified atom stereocenters. The largest absolute Gasteiger partial charge is 0.464 e. The van der Waals surface area contributed by atoms with E-state index in [1.807, 2.05) is 18.2 Å². The summed E-state index contributed by atoms with van der Waals surface area (Å²) in [5, 5.41) is 1.78. The first-order chi connectivity index (χ1) is 12.4. The van der Waals surface area contributed by atoms with Crippen molar-refractivity contribution in [2.75, 3.05) is 0 Å². The molecule has 0 bridgehead atoms. The maximum Gasteiger partial charge on any atom is 0.295 e. The molecule has 0 saturated carbocycles. The number of halogens is 1. The van der Waals surface area contributed by atoms with Gasteiger partial charge in [-0.15, -0.1) is 11.3 Å². The fraction of sp³-hybridized carbons (Fsp3) is 0.0526. The van der Waals surface area contributed by atoms with Gasteiger partial charge < -0.3 is 4.74 Å². The Morgan fingerprint density at radius 1 is 1.04 bits per heavy atom. The zero-order valence-corrected chi connectivity index (χ0v) is 15.0. The van der Waals surface area contributed by atoms with E-state index < -0.39 is 15.9 Å². The van der Waals surface area contributed by atoms with E-state index in [2.05, 4.69) is 0 Å². The normalized spacial score (nSPS) is 13.7. The van der Waals surface area contributed by atoms with Crippen molar-refractivity contribution in [3.63, 3.8) is 0 Å². The van der Waals surface area contributed by atoms with Crippen molar-refractivity contribution in [2.24, 2.45) is 0 Å². The molecule has 26 heavy (non-hydrogen) atoms. The molecule has 0 aliphatic carbocycles. The third-order valence-electron chi connectivity index (χ3n) is 4.16. The van der Waals surface area contributed by atoms with Crippen LogP contribution in [0.2, 0.25) is 0 Å². The number of hydrogen-bond donors (Lipinski definition) is 1. The SMILES string of the molecule is O=S(=O)(O)c1ccc(F)c(-c2cccs2)c1C1=COc2ccccc2C1. The van der Waals surface area contributed by atoms with E-state index in [1.54, 1.807) is 23.6 Å². The van der Waals surface area contributed by atoms with Crippen molar-refractivity contribution in [3.05, 3.63) is 77.1 Å². The predicted molar refractivity (Wildman–Crippen MR) is 98.3 cm³/mol. The quantitative estimate of drug-likeness (QED) is 0.656. The summed E-state index contributed by atoms with van der Waals surface area (Å²) in [5.41, 5.74) is 1.61. The Labute approximate surface area is 153 Å². The Morgan fingerprint density at radius 2 is 1.85 bits per heavy atom. The van der Waals surface area contributed by atoms with E-state index in [4.69, 9.17) is 4.74 Å². The smallest absolute Gasteiger partial charge is 0.295 e. The van der Waals surface area contributed by atoms with Crippen LogP contribution in [-0.4, -0.2) is 13.0 Å². The van der Waals surface area contributed by atoms with Crippen LogP contribution < -0.4 is 4.74 Å². The van der Waals surface area contributed by atoms with Crippen LogP contribution in [-0.2, 0) is 16.5 Å². The highest BCUT2D eigenvalue weighted by Gasteiger charge is 2.27. The van der Waals surface area contributed by atoms with E-state index >= 15 is 0 Å². The molecule has 4 nitrogen and oxygen atoms in total. The molecule has 0 amide bonds. The Kier molecular flexibility index (Phi) is 4.14. The minimum absolute atomic E-state index is 0.129. The van der Waals surface area contributed by atoms with Gasteiger partial charge in [0.1, 0.15) is 16.5 Å². The standard InChI is InChI=1S/C19H13FO4S2/c20-14-7-8-17(26(21,22)23)18(19(14)16-6-3-9-25-16)13-10-12-4-1-2-5-15(12)24-11-13/h1-9,11H,10H2,(H,21,22,23). The lowest BCUT2D eigenvalue weighted by molar-refractivity contribution is 0.468. The molecule has 1 aliphatic heterocycles. The molecule has 7 heteroatoms. The lowest BCUT2D eigenvalue weighted by Gasteiger charge is -2.21. The number of ether oxygens (including phenoxy) is 1. The predicted octanol–water partition coefficient (Wildman–Crippen LogP) is 4.78. The highest BCUT2D eigenvalue weighted by molar-refractivity contribution is 7.86. The van der Waals surface area contributed by atoms with Gasteiger partial charge in [-0.2, -0.15) is 8.42 Å². The molecule has 2 heterocycles. The molecule has 0 radical (unpaired) electrons. The number of thiophene rings is 1.